The van der Waals surface area contributed by atoms with E-state index in [1.54, 1.807) is 25.0 Å². The zero-order chi connectivity index (χ0) is 14.4. The fraction of sp³-hybridized carbons (Fsp3) is 0.308. The SMILES string of the molecule is C=CCn1nnnc1NCc1cccc(OC)c1OC. The molecule has 0 bridgehead atoms. The predicted octanol–water partition coefficient (Wildman–Crippen LogP) is 1.49. The molecule has 7 heteroatoms. The lowest BCUT2D eigenvalue weighted by Gasteiger charge is -2.13. The Morgan fingerprint density at radius 3 is 2.90 bits per heavy atom. The molecule has 20 heavy (non-hydrogen) atoms. The molecular weight excluding hydrogens is 258 g/mol. The van der Waals surface area contributed by atoms with Crippen LogP contribution in [0.15, 0.2) is 30.9 Å². The molecule has 0 saturated heterocycles. The largest absolute Gasteiger partial charge is 0.493 e. The highest BCUT2D eigenvalue weighted by molar-refractivity contribution is 5.47. The molecule has 106 valence electrons. The summed E-state index contributed by atoms with van der Waals surface area (Å²) in [5.41, 5.74) is 0.958. The van der Waals surface area contributed by atoms with Crippen molar-refractivity contribution in [3.05, 3.63) is 36.4 Å². The molecule has 0 aliphatic heterocycles. The summed E-state index contributed by atoms with van der Waals surface area (Å²) in [6.45, 7) is 4.74. The highest BCUT2D eigenvalue weighted by Gasteiger charge is 2.10. The lowest BCUT2D eigenvalue weighted by Crippen LogP contribution is -2.09. The maximum atomic E-state index is 5.38. The average molecular weight is 275 g/mol. The normalized spacial score (nSPS) is 10.1. The summed E-state index contributed by atoms with van der Waals surface area (Å²) in [7, 11) is 3.23. The molecule has 0 spiro atoms. The van der Waals surface area contributed by atoms with Crippen molar-refractivity contribution < 1.29 is 9.47 Å². The van der Waals surface area contributed by atoms with Gasteiger partial charge in [0.15, 0.2) is 11.5 Å². The zero-order valence-electron chi connectivity index (χ0n) is 11.5. The molecule has 1 heterocycles. The van der Waals surface area contributed by atoms with Crippen LogP contribution in [0.2, 0.25) is 0 Å². The molecule has 2 rings (SSSR count). The molecule has 0 saturated carbocycles. The third-order valence-corrected chi connectivity index (χ3v) is 2.76. The number of anilines is 1. The standard InChI is InChI=1S/C13H17N5O2/c1-4-8-18-13(15-16-17-18)14-9-10-6-5-7-11(19-2)12(10)20-3/h4-7H,1,8-9H2,2-3H3,(H,14,15,17). The van der Waals surface area contributed by atoms with Crippen molar-refractivity contribution in [3.8, 4) is 11.5 Å². The van der Waals surface area contributed by atoms with E-state index in [1.807, 2.05) is 18.2 Å². The molecule has 1 aromatic heterocycles. The van der Waals surface area contributed by atoms with Crippen molar-refractivity contribution in [1.29, 1.82) is 0 Å². The van der Waals surface area contributed by atoms with Gasteiger partial charge >= 0.3 is 0 Å². The minimum Gasteiger partial charge on any atom is -0.493 e. The van der Waals surface area contributed by atoms with Crippen LogP contribution in [0.3, 0.4) is 0 Å². The van der Waals surface area contributed by atoms with Gasteiger partial charge in [-0.05, 0) is 16.5 Å². The zero-order valence-corrected chi connectivity index (χ0v) is 11.5. The number of nitrogens with one attached hydrogen (secondary N) is 1. The van der Waals surface area contributed by atoms with Crippen LogP contribution in [0, 0.1) is 0 Å². The molecule has 7 nitrogen and oxygen atoms in total. The van der Waals surface area contributed by atoms with E-state index in [2.05, 4.69) is 27.4 Å². The highest BCUT2D eigenvalue weighted by Crippen LogP contribution is 2.30. The molecule has 0 aliphatic rings. The monoisotopic (exact) mass is 275 g/mol. The van der Waals surface area contributed by atoms with Gasteiger partial charge in [0, 0.05) is 12.1 Å². The number of hydrogen-bond donors (Lipinski definition) is 1. The molecule has 0 aliphatic carbocycles. The first-order chi connectivity index (χ1) is 9.80. The number of methoxy groups -OCH3 is 2. The highest BCUT2D eigenvalue weighted by atomic mass is 16.5. The summed E-state index contributed by atoms with van der Waals surface area (Å²) in [6, 6.07) is 5.71. The smallest absolute Gasteiger partial charge is 0.243 e. The molecule has 1 N–H and O–H groups in total. The summed E-state index contributed by atoms with van der Waals surface area (Å²) >= 11 is 0. The fourth-order valence-electron chi connectivity index (χ4n) is 1.84. The molecule has 1 aromatic carbocycles. The quantitative estimate of drug-likeness (QED) is 0.772. The summed E-state index contributed by atoms with van der Waals surface area (Å²) in [4.78, 5) is 0. The van der Waals surface area contributed by atoms with E-state index in [0.29, 0.717) is 30.5 Å². The third-order valence-electron chi connectivity index (χ3n) is 2.76. The van der Waals surface area contributed by atoms with E-state index < -0.39 is 0 Å². The fourth-order valence-corrected chi connectivity index (χ4v) is 1.84. The summed E-state index contributed by atoms with van der Waals surface area (Å²) in [5.74, 6) is 1.97. The van der Waals surface area contributed by atoms with Crippen LogP contribution in [0.4, 0.5) is 5.95 Å². The van der Waals surface area contributed by atoms with Gasteiger partial charge in [0.2, 0.25) is 5.95 Å². The van der Waals surface area contributed by atoms with Gasteiger partial charge in [0.05, 0.1) is 20.8 Å². The van der Waals surface area contributed by atoms with Gasteiger partial charge in [-0.3, -0.25) is 0 Å². The van der Waals surface area contributed by atoms with E-state index in [9.17, 15) is 0 Å². The Bertz CT molecular complexity index is 582. The number of benzene rings is 1. The topological polar surface area (TPSA) is 74.1 Å². The lowest BCUT2D eigenvalue weighted by molar-refractivity contribution is 0.352. The molecule has 0 unspecified atom stereocenters. The van der Waals surface area contributed by atoms with Crippen molar-refractivity contribution in [1.82, 2.24) is 20.2 Å². The predicted molar refractivity (Wildman–Crippen MR) is 74.9 cm³/mol. The Labute approximate surface area is 117 Å². The Morgan fingerprint density at radius 2 is 2.20 bits per heavy atom. The Hall–Kier alpha value is -2.57. The minimum atomic E-state index is 0.526. The number of aromatic nitrogens is 4. The number of allylic oxidation sites excluding steroid dienone is 1. The van der Waals surface area contributed by atoms with Crippen molar-refractivity contribution in [2.45, 2.75) is 13.1 Å². The van der Waals surface area contributed by atoms with Crippen LogP contribution in [0.1, 0.15) is 5.56 Å². The number of hydrogen-bond acceptors (Lipinski definition) is 6. The van der Waals surface area contributed by atoms with Crippen LogP contribution in [-0.4, -0.2) is 34.4 Å². The summed E-state index contributed by atoms with van der Waals surface area (Å²) in [5, 5.41) is 14.6. The lowest BCUT2D eigenvalue weighted by atomic mass is 10.2. The van der Waals surface area contributed by atoms with Gasteiger partial charge in [0.25, 0.3) is 0 Å². The van der Waals surface area contributed by atoms with E-state index in [4.69, 9.17) is 9.47 Å². The van der Waals surface area contributed by atoms with Gasteiger partial charge in [0.1, 0.15) is 0 Å². The second kappa shape index (κ2) is 6.55. The van der Waals surface area contributed by atoms with E-state index in [-0.39, 0.29) is 0 Å². The van der Waals surface area contributed by atoms with Gasteiger partial charge in [-0.15, -0.1) is 6.58 Å². The molecule has 0 amide bonds. The minimum absolute atomic E-state index is 0.526. The van der Waals surface area contributed by atoms with Gasteiger partial charge in [-0.1, -0.05) is 23.3 Å². The van der Waals surface area contributed by atoms with E-state index in [1.165, 1.54) is 0 Å². The summed E-state index contributed by atoms with van der Waals surface area (Å²) in [6.07, 6.45) is 1.73. The van der Waals surface area contributed by atoms with E-state index in [0.717, 1.165) is 5.56 Å². The number of nitrogens with zero attached hydrogens (tertiary/aromatic N) is 4. The average Bonchev–Trinajstić information content (AvgIpc) is 2.92. The van der Waals surface area contributed by atoms with Crippen LogP contribution in [0.5, 0.6) is 11.5 Å². The number of para-hydroxylation sites is 1. The van der Waals surface area contributed by atoms with E-state index >= 15 is 0 Å². The van der Waals surface area contributed by atoms with Crippen LogP contribution < -0.4 is 14.8 Å². The Morgan fingerprint density at radius 1 is 1.35 bits per heavy atom. The second-order valence-corrected chi connectivity index (χ2v) is 3.98. The molecule has 2 aromatic rings. The Kier molecular flexibility index (Phi) is 4.54. The van der Waals surface area contributed by atoms with Crippen molar-refractivity contribution in [3.63, 3.8) is 0 Å². The first-order valence-corrected chi connectivity index (χ1v) is 6.11. The first-order valence-electron chi connectivity index (χ1n) is 6.11. The number of ether oxygens (including phenoxy) is 2. The van der Waals surface area contributed by atoms with Crippen LogP contribution in [-0.2, 0) is 13.1 Å². The molecule has 0 fully saturated rings. The number of tetrazole rings is 1. The number of rotatable bonds is 7. The van der Waals surface area contributed by atoms with Crippen LogP contribution >= 0.6 is 0 Å². The maximum Gasteiger partial charge on any atom is 0.243 e. The van der Waals surface area contributed by atoms with Crippen molar-refractivity contribution in [2.75, 3.05) is 19.5 Å². The molecular formula is C13H17N5O2. The molecule has 0 radical (unpaired) electrons. The van der Waals surface area contributed by atoms with Gasteiger partial charge in [-0.25, -0.2) is 4.68 Å². The third kappa shape index (κ3) is 2.87. The van der Waals surface area contributed by atoms with Gasteiger partial charge < -0.3 is 14.8 Å². The molecule has 0 atom stereocenters. The summed E-state index contributed by atoms with van der Waals surface area (Å²) < 4.78 is 12.3. The first kappa shape index (κ1) is 13.9. The van der Waals surface area contributed by atoms with Gasteiger partial charge in [-0.2, -0.15) is 0 Å². The second-order valence-electron chi connectivity index (χ2n) is 3.98. The van der Waals surface area contributed by atoms with Crippen LogP contribution in [0.25, 0.3) is 0 Å². The Balaban J connectivity index is 2.14. The maximum absolute atomic E-state index is 5.38. The van der Waals surface area contributed by atoms with Crippen molar-refractivity contribution in [2.24, 2.45) is 0 Å². The van der Waals surface area contributed by atoms with Crippen molar-refractivity contribution >= 4 is 5.95 Å².